The maximum atomic E-state index is 11.4. The minimum absolute atomic E-state index is 0.0462. The van der Waals surface area contributed by atoms with Crippen molar-refractivity contribution >= 4 is 17.3 Å². The van der Waals surface area contributed by atoms with Crippen LogP contribution in [0.3, 0.4) is 0 Å². The Kier molecular flexibility index (Phi) is 2.26. The first kappa shape index (κ1) is 9.83. The minimum Gasteiger partial charge on any atom is -0.479 e. The molecule has 0 atom stereocenters. The molecule has 4 heteroatoms. The van der Waals surface area contributed by atoms with E-state index in [0.717, 1.165) is 17.7 Å². The van der Waals surface area contributed by atoms with Crippen molar-refractivity contribution in [3.63, 3.8) is 0 Å². The highest BCUT2D eigenvalue weighted by molar-refractivity contribution is 5.98. The summed E-state index contributed by atoms with van der Waals surface area (Å²) in [4.78, 5) is 13.0. The van der Waals surface area contributed by atoms with Gasteiger partial charge in [-0.25, -0.2) is 0 Å². The van der Waals surface area contributed by atoms with Crippen LogP contribution >= 0.6 is 0 Å². The monoisotopic (exact) mass is 206 g/mol. The van der Waals surface area contributed by atoms with E-state index in [9.17, 15) is 4.79 Å². The Labute approximate surface area is 88.6 Å². The normalized spacial score (nSPS) is 14.8. The Balaban J connectivity index is 2.55. The number of amides is 1. The quantitative estimate of drug-likeness (QED) is 0.702. The van der Waals surface area contributed by atoms with Gasteiger partial charge in [-0.05, 0) is 24.1 Å². The van der Waals surface area contributed by atoms with Crippen molar-refractivity contribution in [2.24, 2.45) is 0 Å². The summed E-state index contributed by atoms with van der Waals surface area (Å²) < 4.78 is 5.32. The number of carbonyl (C=O) groups excluding carboxylic acids is 1. The summed E-state index contributed by atoms with van der Waals surface area (Å²) in [5, 5.41) is 0. The lowest BCUT2D eigenvalue weighted by Gasteiger charge is -2.27. The number of hydrogen-bond acceptors (Lipinski definition) is 3. The fourth-order valence-electron chi connectivity index (χ4n) is 1.67. The summed E-state index contributed by atoms with van der Waals surface area (Å²) in [6, 6.07) is 3.84. The van der Waals surface area contributed by atoms with Crippen LogP contribution in [-0.2, 0) is 11.2 Å². The summed E-state index contributed by atoms with van der Waals surface area (Å²) in [5.41, 5.74) is 8.34. The van der Waals surface area contributed by atoms with E-state index in [0.29, 0.717) is 11.4 Å². The number of nitrogens with zero attached hydrogens (tertiary/aromatic N) is 1. The van der Waals surface area contributed by atoms with Crippen molar-refractivity contribution in [3.05, 3.63) is 17.7 Å². The Hall–Kier alpha value is -1.71. The number of ether oxygens (including phenoxy) is 1. The number of nitrogens with two attached hydrogens (primary N) is 1. The van der Waals surface area contributed by atoms with Crippen molar-refractivity contribution in [2.45, 2.75) is 13.3 Å². The molecular formula is C11H14N2O2. The first-order valence-electron chi connectivity index (χ1n) is 4.95. The smallest absolute Gasteiger partial charge is 0.264 e. The number of aryl methyl sites for hydroxylation is 1. The zero-order valence-electron chi connectivity index (χ0n) is 8.91. The molecule has 1 aromatic carbocycles. The van der Waals surface area contributed by atoms with Gasteiger partial charge in [0.1, 0.15) is 0 Å². The molecule has 1 aliphatic rings. The van der Waals surface area contributed by atoms with Gasteiger partial charge in [0.2, 0.25) is 0 Å². The molecule has 4 nitrogen and oxygen atoms in total. The molecular weight excluding hydrogens is 192 g/mol. The average Bonchev–Trinajstić information content (AvgIpc) is 2.23. The third-order valence-electron chi connectivity index (χ3n) is 2.64. The van der Waals surface area contributed by atoms with Crippen molar-refractivity contribution < 1.29 is 9.53 Å². The largest absolute Gasteiger partial charge is 0.479 e. The number of likely N-dealkylation sites (N-methyl/N-ethyl adjacent to an activating group) is 1. The molecule has 80 valence electrons. The molecule has 0 spiro atoms. The second-order valence-corrected chi connectivity index (χ2v) is 3.63. The molecule has 0 aliphatic carbocycles. The second-order valence-electron chi connectivity index (χ2n) is 3.63. The van der Waals surface area contributed by atoms with Gasteiger partial charge in [-0.15, -0.1) is 0 Å². The topological polar surface area (TPSA) is 55.6 Å². The van der Waals surface area contributed by atoms with Gasteiger partial charge in [0.15, 0.2) is 12.4 Å². The highest BCUT2D eigenvalue weighted by Gasteiger charge is 2.24. The Morgan fingerprint density at radius 3 is 2.93 bits per heavy atom. The fraction of sp³-hybridized carbons (Fsp3) is 0.364. The number of carbonyl (C=O) groups is 1. The summed E-state index contributed by atoms with van der Waals surface area (Å²) >= 11 is 0. The Bertz CT molecular complexity index is 415. The fourth-order valence-corrected chi connectivity index (χ4v) is 1.67. The van der Waals surface area contributed by atoms with E-state index in [2.05, 4.69) is 0 Å². The number of benzene rings is 1. The molecule has 15 heavy (non-hydrogen) atoms. The zero-order valence-corrected chi connectivity index (χ0v) is 8.91. The first-order valence-corrected chi connectivity index (χ1v) is 4.95. The molecule has 0 fully saturated rings. The number of nitrogen functional groups attached to an aromatic ring is 1. The third kappa shape index (κ3) is 1.52. The Morgan fingerprint density at radius 1 is 1.53 bits per heavy atom. The van der Waals surface area contributed by atoms with Crippen LogP contribution in [0.25, 0.3) is 0 Å². The SMILES string of the molecule is CCc1cc(N)c2c(c1)N(C)C(=O)CO2. The number of anilines is 2. The molecule has 0 saturated carbocycles. The lowest BCUT2D eigenvalue weighted by atomic mass is 10.1. The van der Waals surface area contributed by atoms with Crippen molar-refractivity contribution in [2.75, 3.05) is 24.3 Å². The van der Waals surface area contributed by atoms with Crippen LogP contribution in [0.2, 0.25) is 0 Å². The number of hydrogen-bond donors (Lipinski definition) is 1. The molecule has 0 unspecified atom stereocenters. The maximum Gasteiger partial charge on any atom is 0.264 e. The van der Waals surface area contributed by atoms with Crippen LogP contribution in [0, 0.1) is 0 Å². The van der Waals surface area contributed by atoms with E-state index in [1.807, 2.05) is 19.1 Å². The van der Waals surface area contributed by atoms with Crippen LogP contribution in [-0.4, -0.2) is 19.6 Å². The lowest BCUT2D eigenvalue weighted by Crippen LogP contribution is -2.35. The first-order chi connectivity index (χ1) is 7.13. The molecule has 1 aliphatic heterocycles. The third-order valence-corrected chi connectivity index (χ3v) is 2.64. The van der Waals surface area contributed by atoms with Gasteiger partial charge >= 0.3 is 0 Å². The van der Waals surface area contributed by atoms with E-state index in [1.54, 1.807) is 11.9 Å². The van der Waals surface area contributed by atoms with Gasteiger partial charge in [0.25, 0.3) is 5.91 Å². The van der Waals surface area contributed by atoms with Gasteiger partial charge in [0.05, 0.1) is 11.4 Å². The van der Waals surface area contributed by atoms with E-state index < -0.39 is 0 Å². The van der Waals surface area contributed by atoms with E-state index >= 15 is 0 Å². The second kappa shape index (κ2) is 3.46. The van der Waals surface area contributed by atoms with Crippen LogP contribution in [0.5, 0.6) is 5.75 Å². The number of rotatable bonds is 1. The summed E-state index contributed by atoms with van der Waals surface area (Å²) in [6.07, 6.45) is 0.888. The minimum atomic E-state index is -0.0462. The van der Waals surface area contributed by atoms with Crippen LogP contribution < -0.4 is 15.4 Å². The van der Waals surface area contributed by atoms with E-state index in [1.165, 1.54) is 0 Å². The van der Waals surface area contributed by atoms with Gasteiger partial charge < -0.3 is 15.4 Å². The molecule has 2 rings (SSSR count). The number of fused-ring (bicyclic) bond motifs is 1. The summed E-state index contributed by atoms with van der Waals surface area (Å²) in [6.45, 7) is 2.12. The van der Waals surface area contributed by atoms with Crippen LogP contribution in [0.15, 0.2) is 12.1 Å². The maximum absolute atomic E-state index is 11.4. The molecule has 2 N–H and O–H groups in total. The van der Waals surface area contributed by atoms with E-state index in [4.69, 9.17) is 10.5 Å². The van der Waals surface area contributed by atoms with Crippen LogP contribution in [0.1, 0.15) is 12.5 Å². The van der Waals surface area contributed by atoms with Crippen molar-refractivity contribution in [1.29, 1.82) is 0 Å². The highest BCUT2D eigenvalue weighted by Crippen LogP contribution is 2.37. The van der Waals surface area contributed by atoms with Crippen LogP contribution in [0.4, 0.5) is 11.4 Å². The van der Waals surface area contributed by atoms with Gasteiger partial charge in [-0.2, -0.15) is 0 Å². The zero-order chi connectivity index (χ0) is 11.0. The Morgan fingerprint density at radius 2 is 2.27 bits per heavy atom. The highest BCUT2D eigenvalue weighted by atomic mass is 16.5. The molecule has 0 saturated heterocycles. The molecule has 1 aromatic rings. The summed E-state index contributed by atoms with van der Waals surface area (Å²) in [5.74, 6) is 0.574. The average molecular weight is 206 g/mol. The predicted octanol–water partition coefficient (Wildman–Crippen LogP) is 1.19. The molecule has 0 bridgehead atoms. The van der Waals surface area contributed by atoms with Gasteiger partial charge in [-0.3, -0.25) is 4.79 Å². The molecule has 1 amide bonds. The van der Waals surface area contributed by atoms with Gasteiger partial charge in [-0.1, -0.05) is 6.92 Å². The van der Waals surface area contributed by atoms with E-state index in [-0.39, 0.29) is 12.5 Å². The molecule has 0 aromatic heterocycles. The molecule has 0 radical (unpaired) electrons. The van der Waals surface area contributed by atoms with Crippen molar-refractivity contribution in [3.8, 4) is 5.75 Å². The lowest BCUT2D eigenvalue weighted by molar-refractivity contribution is -0.120. The van der Waals surface area contributed by atoms with Crippen molar-refractivity contribution in [1.82, 2.24) is 0 Å². The standard InChI is InChI=1S/C11H14N2O2/c1-3-7-4-8(12)11-9(5-7)13(2)10(14)6-15-11/h4-5H,3,6,12H2,1-2H3. The van der Waals surface area contributed by atoms with Gasteiger partial charge in [0, 0.05) is 7.05 Å². The predicted molar refractivity (Wildman–Crippen MR) is 59.1 cm³/mol. The summed E-state index contributed by atoms with van der Waals surface area (Å²) in [7, 11) is 1.74. The molecule has 1 heterocycles.